The van der Waals surface area contributed by atoms with E-state index < -0.39 is 5.60 Å². The van der Waals surface area contributed by atoms with Crippen molar-refractivity contribution in [2.75, 3.05) is 0 Å². The minimum Gasteiger partial charge on any atom is -0.459 e. The Morgan fingerprint density at radius 1 is 1.50 bits per heavy atom. The zero-order valence-corrected chi connectivity index (χ0v) is 13.3. The average molecular weight is 306 g/mol. The van der Waals surface area contributed by atoms with Gasteiger partial charge >= 0.3 is 11.9 Å². The topological polar surface area (TPSA) is 65.1 Å². The van der Waals surface area contributed by atoms with Crippen molar-refractivity contribution in [2.45, 2.75) is 63.9 Å². The maximum absolute atomic E-state index is 11.9. The van der Waals surface area contributed by atoms with Gasteiger partial charge in [0.15, 0.2) is 0 Å². The molecule has 0 N–H and O–H groups in total. The van der Waals surface area contributed by atoms with E-state index in [1.807, 2.05) is 19.9 Å². The first-order valence-electron chi connectivity index (χ1n) is 7.73. The van der Waals surface area contributed by atoms with E-state index in [9.17, 15) is 9.59 Å². The van der Waals surface area contributed by atoms with E-state index in [2.05, 4.69) is 6.58 Å². The van der Waals surface area contributed by atoms with Gasteiger partial charge in [0, 0.05) is 18.4 Å². The molecular formula is C17H22O5. The third-order valence-electron chi connectivity index (χ3n) is 4.99. The van der Waals surface area contributed by atoms with Crippen molar-refractivity contribution in [1.82, 2.24) is 0 Å². The molecule has 22 heavy (non-hydrogen) atoms. The molecule has 0 saturated carbocycles. The molecule has 2 fully saturated rings. The fraction of sp³-hybridized carbons (Fsp3) is 0.647. The number of hydrogen-bond acceptors (Lipinski definition) is 5. The zero-order valence-electron chi connectivity index (χ0n) is 13.3. The molecule has 3 aliphatic rings. The third-order valence-corrected chi connectivity index (χ3v) is 4.99. The second kappa shape index (κ2) is 5.23. The summed E-state index contributed by atoms with van der Waals surface area (Å²) in [6.07, 6.45) is 3.62. The summed E-state index contributed by atoms with van der Waals surface area (Å²) < 4.78 is 16.8. The second-order valence-electron chi connectivity index (χ2n) is 6.68. The van der Waals surface area contributed by atoms with Crippen LogP contribution in [0.25, 0.3) is 0 Å². The highest BCUT2D eigenvalue weighted by Crippen LogP contribution is 2.48. The summed E-state index contributed by atoms with van der Waals surface area (Å²) in [6, 6.07) is 0. The molecule has 0 aromatic carbocycles. The summed E-state index contributed by atoms with van der Waals surface area (Å²) in [6.45, 7) is 9.27. The number of carbonyl (C=O) groups excluding carboxylic acids is 2. The highest BCUT2D eigenvalue weighted by atomic mass is 16.6. The van der Waals surface area contributed by atoms with Crippen LogP contribution >= 0.6 is 0 Å². The Bertz CT molecular complexity index is 563. The van der Waals surface area contributed by atoms with Gasteiger partial charge in [-0.3, -0.25) is 4.79 Å². The Labute approximate surface area is 130 Å². The molecule has 0 bridgehead atoms. The predicted molar refractivity (Wildman–Crippen MR) is 79.0 cm³/mol. The first-order chi connectivity index (χ1) is 10.3. The molecule has 5 heteroatoms. The Kier molecular flexibility index (Phi) is 3.63. The van der Waals surface area contributed by atoms with Crippen LogP contribution in [0.3, 0.4) is 0 Å². The van der Waals surface area contributed by atoms with Gasteiger partial charge in [0.1, 0.15) is 17.8 Å². The molecule has 0 spiro atoms. The van der Waals surface area contributed by atoms with Gasteiger partial charge in [0.2, 0.25) is 0 Å². The molecule has 5 nitrogen and oxygen atoms in total. The average Bonchev–Trinajstić information content (AvgIpc) is 3.03. The summed E-state index contributed by atoms with van der Waals surface area (Å²) in [7, 11) is 0. The molecule has 5 atom stereocenters. The van der Waals surface area contributed by atoms with Crippen molar-refractivity contribution in [3.8, 4) is 0 Å². The number of rotatable bonds is 1. The van der Waals surface area contributed by atoms with Gasteiger partial charge in [0.05, 0.1) is 6.10 Å². The van der Waals surface area contributed by atoms with Crippen molar-refractivity contribution in [3.63, 3.8) is 0 Å². The summed E-state index contributed by atoms with van der Waals surface area (Å²) in [5.74, 6) is -0.874. The van der Waals surface area contributed by atoms with Gasteiger partial charge in [-0.25, -0.2) is 4.79 Å². The molecule has 0 unspecified atom stereocenters. The first kappa shape index (κ1) is 15.3. The molecule has 2 heterocycles. The number of esters is 2. The Balaban J connectivity index is 1.92. The molecule has 120 valence electrons. The van der Waals surface area contributed by atoms with Crippen LogP contribution in [0.15, 0.2) is 23.8 Å². The third kappa shape index (κ3) is 2.58. The number of hydrogen-bond donors (Lipinski definition) is 0. The fourth-order valence-electron chi connectivity index (χ4n) is 3.51. The van der Waals surface area contributed by atoms with Crippen LogP contribution < -0.4 is 0 Å². The monoisotopic (exact) mass is 306 g/mol. The molecule has 0 radical (unpaired) electrons. The lowest BCUT2D eigenvalue weighted by Gasteiger charge is -2.26. The van der Waals surface area contributed by atoms with Crippen LogP contribution in [0.2, 0.25) is 0 Å². The van der Waals surface area contributed by atoms with Gasteiger partial charge in [0.25, 0.3) is 0 Å². The van der Waals surface area contributed by atoms with Crippen LogP contribution in [0, 0.1) is 5.92 Å². The van der Waals surface area contributed by atoms with E-state index in [0.29, 0.717) is 12.0 Å². The smallest absolute Gasteiger partial charge is 0.334 e. The lowest BCUT2D eigenvalue weighted by molar-refractivity contribution is -0.151. The fourth-order valence-corrected chi connectivity index (χ4v) is 3.51. The number of carbonyl (C=O) groups is 2. The summed E-state index contributed by atoms with van der Waals surface area (Å²) in [5.41, 5.74) is 1.16. The van der Waals surface area contributed by atoms with Crippen molar-refractivity contribution in [1.29, 1.82) is 0 Å². The van der Waals surface area contributed by atoms with Crippen molar-refractivity contribution in [3.05, 3.63) is 23.8 Å². The first-order valence-corrected chi connectivity index (χ1v) is 7.73. The number of allylic oxidation sites excluding steroid dienone is 1. The number of ether oxygens (including phenoxy) is 3. The summed E-state index contributed by atoms with van der Waals surface area (Å²) in [4.78, 5) is 23.3. The number of fused-ring (bicyclic) bond motifs is 2. The van der Waals surface area contributed by atoms with E-state index in [4.69, 9.17) is 14.2 Å². The van der Waals surface area contributed by atoms with Gasteiger partial charge in [-0.2, -0.15) is 0 Å². The highest BCUT2D eigenvalue weighted by molar-refractivity contribution is 5.91. The van der Waals surface area contributed by atoms with Gasteiger partial charge in [-0.05, 0) is 39.2 Å². The Morgan fingerprint density at radius 3 is 2.91 bits per heavy atom. The van der Waals surface area contributed by atoms with Gasteiger partial charge in [-0.1, -0.05) is 12.2 Å². The van der Waals surface area contributed by atoms with E-state index >= 15 is 0 Å². The van der Waals surface area contributed by atoms with E-state index in [1.165, 1.54) is 12.5 Å². The Hall–Kier alpha value is -1.62. The molecule has 2 aliphatic heterocycles. The maximum Gasteiger partial charge on any atom is 0.334 e. The maximum atomic E-state index is 11.9. The predicted octanol–water partition coefficient (Wildman–Crippen LogP) is 2.30. The zero-order chi connectivity index (χ0) is 16.1. The SMILES string of the molecule is C=C1C(=O)O[C@@H]2/C=C(\C)CC[C@H]3O[C@]3(C)[C@@H](OC(C)=O)C[C@H]12. The second-order valence-corrected chi connectivity index (χ2v) is 6.68. The molecule has 2 saturated heterocycles. The van der Waals surface area contributed by atoms with Crippen LogP contribution in [0.4, 0.5) is 0 Å². The van der Waals surface area contributed by atoms with Crippen LogP contribution in [0.5, 0.6) is 0 Å². The van der Waals surface area contributed by atoms with Crippen LogP contribution in [-0.2, 0) is 23.8 Å². The molecule has 0 aromatic heterocycles. The van der Waals surface area contributed by atoms with Crippen molar-refractivity contribution < 1.29 is 23.8 Å². The largest absolute Gasteiger partial charge is 0.459 e. The lowest BCUT2D eigenvalue weighted by Crippen LogP contribution is -2.37. The molecule has 0 aromatic rings. The molecule has 3 rings (SSSR count). The molecule has 1 aliphatic carbocycles. The van der Waals surface area contributed by atoms with Gasteiger partial charge in [-0.15, -0.1) is 0 Å². The summed E-state index contributed by atoms with van der Waals surface area (Å²) >= 11 is 0. The van der Waals surface area contributed by atoms with E-state index in [1.54, 1.807) is 0 Å². The Morgan fingerprint density at radius 2 is 2.23 bits per heavy atom. The number of epoxide rings is 1. The highest BCUT2D eigenvalue weighted by Gasteiger charge is 2.60. The minimum atomic E-state index is -0.472. The van der Waals surface area contributed by atoms with E-state index in [-0.39, 0.29) is 36.2 Å². The minimum absolute atomic E-state index is 0.0861. The van der Waals surface area contributed by atoms with Crippen molar-refractivity contribution >= 4 is 11.9 Å². The van der Waals surface area contributed by atoms with Gasteiger partial charge < -0.3 is 14.2 Å². The van der Waals surface area contributed by atoms with Crippen LogP contribution in [-0.4, -0.2) is 35.9 Å². The van der Waals surface area contributed by atoms with Crippen molar-refractivity contribution in [2.24, 2.45) is 5.92 Å². The van der Waals surface area contributed by atoms with Crippen LogP contribution in [0.1, 0.15) is 40.0 Å². The summed E-state index contributed by atoms with van der Waals surface area (Å²) in [5, 5.41) is 0. The normalized spacial score (nSPS) is 43.3. The van der Waals surface area contributed by atoms with E-state index in [0.717, 1.165) is 12.8 Å². The molecule has 0 amide bonds. The quantitative estimate of drug-likeness (QED) is 0.322. The molecular weight excluding hydrogens is 284 g/mol. The standard InChI is InChI=1S/C17H22O5/c1-9-5-6-14-17(4,22-14)15(20-11(3)18)8-12-10(2)16(19)21-13(12)7-9/h7,12-15H,2,5-6,8H2,1,3-4H3/b9-7+/t12-,13-,14-,15+,17+/m1/s1. The lowest BCUT2D eigenvalue weighted by atomic mass is 9.83.